The number of methoxy groups -OCH3 is 1. The number of alkyl halides is 2. The Morgan fingerprint density at radius 2 is 2.12 bits per heavy atom. The van der Waals surface area contributed by atoms with E-state index in [0.717, 1.165) is 5.56 Å². The zero-order valence-corrected chi connectivity index (χ0v) is 11.8. The Hall–Kier alpha value is -0.870. The number of benzene rings is 1. The smallest absolute Gasteiger partial charge is 0.338 e. The summed E-state index contributed by atoms with van der Waals surface area (Å²) in [5.74, 6) is -0.698. The Morgan fingerprint density at radius 3 is 2.59 bits per heavy atom. The minimum Gasteiger partial charge on any atom is -0.465 e. The van der Waals surface area contributed by atoms with E-state index in [1.54, 1.807) is 18.2 Å². The van der Waals surface area contributed by atoms with Crippen molar-refractivity contribution in [2.45, 2.75) is 17.6 Å². The molecule has 0 spiro atoms. The van der Waals surface area contributed by atoms with Gasteiger partial charge in [-0.1, -0.05) is 28.1 Å². The van der Waals surface area contributed by atoms with Gasteiger partial charge in [0.2, 0.25) is 0 Å². The number of Topliss-reactive ketones (excluding diaryl/α,β-unsaturated/α-hetero) is 1. The number of esters is 1. The highest BCUT2D eigenvalue weighted by Gasteiger charge is 2.21. The van der Waals surface area contributed by atoms with Crippen LogP contribution in [0.25, 0.3) is 0 Å². The van der Waals surface area contributed by atoms with Gasteiger partial charge >= 0.3 is 5.97 Å². The van der Waals surface area contributed by atoms with Gasteiger partial charge in [0, 0.05) is 5.33 Å². The van der Waals surface area contributed by atoms with Crippen LogP contribution in [0.4, 0.5) is 0 Å². The third kappa shape index (κ3) is 3.30. The lowest BCUT2D eigenvalue weighted by Crippen LogP contribution is -2.11. The van der Waals surface area contributed by atoms with E-state index in [4.69, 9.17) is 11.6 Å². The van der Waals surface area contributed by atoms with Gasteiger partial charge in [-0.15, -0.1) is 11.6 Å². The Labute approximate surface area is 113 Å². The number of hydrogen-bond donors (Lipinski definition) is 0. The average Bonchev–Trinajstić information content (AvgIpc) is 2.35. The third-order valence-corrected chi connectivity index (χ3v) is 3.50. The first-order chi connectivity index (χ1) is 8.01. The predicted octanol–water partition coefficient (Wildman–Crippen LogP) is 3.24. The van der Waals surface area contributed by atoms with Crippen molar-refractivity contribution < 1.29 is 14.3 Å². The Kier molecular flexibility index (Phi) is 5.15. The van der Waals surface area contributed by atoms with E-state index >= 15 is 0 Å². The van der Waals surface area contributed by atoms with Gasteiger partial charge in [0.05, 0.1) is 12.7 Å². The molecule has 1 aromatic carbocycles. The number of rotatable bonds is 4. The van der Waals surface area contributed by atoms with Crippen LogP contribution in [0, 0.1) is 0 Å². The number of ether oxygens (including phenoxy) is 1. The van der Waals surface area contributed by atoms with Crippen molar-refractivity contribution in [2.75, 3.05) is 7.11 Å². The Morgan fingerprint density at radius 1 is 1.47 bits per heavy atom. The molecule has 0 saturated carbocycles. The molecular formula is C12H12BrClO3. The van der Waals surface area contributed by atoms with Crippen LogP contribution in [0.3, 0.4) is 0 Å². The lowest BCUT2D eigenvalue weighted by molar-refractivity contribution is -0.116. The Balaban J connectivity index is 3.30. The highest BCUT2D eigenvalue weighted by Crippen LogP contribution is 2.27. The van der Waals surface area contributed by atoms with Gasteiger partial charge in [0.1, 0.15) is 5.38 Å². The van der Waals surface area contributed by atoms with Gasteiger partial charge in [0.25, 0.3) is 0 Å². The standard InChI is InChI=1S/C12H12BrClO3/c1-7(15)11(14)10-5-8(6-13)3-4-9(10)12(16)17-2/h3-5,11H,6H2,1-2H3. The highest BCUT2D eigenvalue weighted by molar-refractivity contribution is 9.08. The van der Waals surface area contributed by atoms with E-state index in [0.29, 0.717) is 16.5 Å². The number of halogens is 2. The van der Waals surface area contributed by atoms with Crippen LogP contribution in [-0.4, -0.2) is 18.9 Å². The number of ketones is 1. The van der Waals surface area contributed by atoms with Crippen molar-refractivity contribution in [1.82, 2.24) is 0 Å². The molecule has 17 heavy (non-hydrogen) atoms. The second-order valence-corrected chi connectivity index (χ2v) is 4.52. The van der Waals surface area contributed by atoms with E-state index in [2.05, 4.69) is 20.7 Å². The molecule has 0 radical (unpaired) electrons. The summed E-state index contributed by atoms with van der Waals surface area (Å²) < 4.78 is 4.66. The van der Waals surface area contributed by atoms with E-state index in [-0.39, 0.29) is 5.78 Å². The molecule has 1 rings (SSSR count). The van der Waals surface area contributed by atoms with Crippen molar-refractivity contribution in [2.24, 2.45) is 0 Å². The molecule has 1 atom stereocenters. The molecule has 0 amide bonds. The first kappa shape index (κ1) is 14.2. The quantitative estimate of drug-likeness (QED) is 0.632. The molecule has 5 heteroatoms. The van der Waals surface area contributed by atoms with Crippen molar-refractivity contribution in [3.8, 4) is 0 Å². The van der Waals surface area contributed by atoms with Crippen molar-refractivity contribution in [3.05, 3.63) is 34.9 Å². The van der Waals surface area contributed by atoms with Gasteiger partial charge in [-0.2, -0.15) is 0 Å². The maximum atomic E-state index is 11.6. The molecule has 0 aromatic heterocycles. The molecule has 0 heterocycles. The monoisotopic (exact) mass is 318 g/mol. The fraction of sp³-hybridized carbons (Fsp3) is 0.333. The van der Waals surface area contributed by atoms with E-state index < -0.39 is 11.3 Å². The summed E-state index contributed by atoms with van der Waals surface area (Å²) >= 11 is 9.32. The first-order valence-electron chi connectivity index (χ1n) is 4.93. The van der Waals surface area contributed by atoms with Gasteiger partial charge < -0.3 is 4.74 Å². The molecule has 1 aromatic rings. The maximum absolute atomic E-state index is 11.6. The molecule has 0 fully saturated rings. The van der Waals surface area contributed by atoms with Crippen LogP contribution in [0.1, 0.15) is 33.8 Å². The van der Waals surface area contributed by atoms with Crippen molar-refractivity contribution in [1.29, 1.82) is 0 Å². The normalized spacial score (nSPS) is 12.0. The molecule has 0 aliphatic carbocycles. The van der Waals surface area contributed by atoms with Crippen LogP contribution < -0.4 is 0 Å². The van der Waals surface area contributed by atoms with Crippen molar-refractivity contribution in [3.63, 3.8) is 0 Å². The second kappa shape index (κ2) is 6.17. The zero-order chi connectivity index (χ0) is 13.0. The van der Waals surface area contributed by atoms with Crippen LogP contribution in [-0.2, 0) is 14.9 Å². The second-order valence-electron chi connectivity index (χ2n) is 3.52. The molecule has 0 N–H and O–H groups in total. The van der Waals surface area contributed by atoms with Crippen LogP contribution in [0.2, 0.25) is 0 Å². The van der Waals surface area contributed by atoms with E-state index in [1.807, 2.05) is 0 Å². The minimum atomic E-state index is -0.830. The van der Waals surface area contributed by atoms with Crippen molar-refractivity contribution >= 4 is 39.3 Å². The van der Waals surface area contributed by atoms with Gasteiger partial charge in [0.15, 0.2) is 5.78 Å². The SMILES string of the molecule is COC(=O)c1ccc(CBr)cc1C(Cl)C(C)=O. The third-order valence-electron chi connectivity index (χ3n) is 2.31. The fourth-order valence-electron chi connectivity index (χ4n) is 1.42. The van der Waals surface area contributed by atoms with Crippen LogP contribution in [0.5, 0.6) is 0 Å². The van der Waals surface area contributed by atoms with Crippen LogP contribution >= 0.6 is 27.5 Å². The average molecular weight is 320 g/mol. The zero-order valence-electron chi connectivity index (χ0n) is 9.50. The molecule has 0 saturated heterocycles. The van der Waals surface area contributed by atoms with E-state index in [9.17, 15) is 9.59 Å². The van der Waals surface area contributed by atoms with E-state index in [1.165, 1.54) is 14.0 Å². The lowest BCUT2D eigenvalue weighted by Gasteiger charge is -2.12. The molecular weight excluding hydrogens is 307 g/mol. The number of carbonyl (C=O) groups is 2. The summed E-state index contributed by atoms with van der Waals surface area (Å²) in [7, 11) is 1.29. The summed E-state index contributed by atoms with van der Waals surface area (Å²) in [4.78, 5) is 22.9. The molecule has 3 nitrogen and oxygen atoms in total. The predicted molar refractivity (Wildman–Crippen MR) is 69.7 cm³/mol. The minimum absolute atomic E-state index is 0.205. The summed E-state index contributed by atoms with van der Waals surface area (Å²) in [5, 5.41) is -0.203. The topological polar surface area (TPSA) is 43.4 Å². The summed E-state index contributed by atoms with van der Waals surface area (Å²) in [5.41, 5.74) is 1.76. The summed E-state index contributed by atoms with van der Waals surface area (Å²) in [6.45, 7) is 1.39. The lowest BCUT2D eigenvalue weighted by atomic mass is 10.00. The largest absolute Gasteiger partial charge is 0.465 e. The van der Waals surface area contributed by atoms with Gasteiger partial charge in [-0.05, 0) is 24.1 Å². The first-order valence-corrected chi connectivity index (χ1v) is 6.48. The van der Waals surface area contributed by atoms with Crippen LogP contribution in [0.15, 0.2) is 18.2 Å². The fourth-order valence-corrected chi connectivity index (χ4v) is 1.95. The Bertz CT molecular complexity index is 445. The highest BCUT2D eigenvalue weighted by atomic mass is 79.9. The summed E-state index contributed by atoms with van der Waals surface area (Å²) in [6.07, 6.45) is 0. The summed E-state index contributed by atoms with van der Waals surface area (Å²) in [6, 6.07) is 5.14. The molecule has 0 bridgehead atoms. The maximum Gasteiger partial charge on any atom is 0.338 e. The molecule has 1 unspecified atom stereocenters. The van der Waals surface area contributed by atoms with Gasteiger partial charge in [-0.25, -0.2) is 4.79 Å². The molecule has 0 aliphatic rings. The molecule has 0 aliphatic heterocycles. The number of hydrogen-bond acceptors (Lipinski definition) is 3. The molecule has 92 valence electrons. The number of carbonyl (C=O) groups excluding carboxylic acids is 2. The van der Waals surface area contributed by atoms with Gasteiger partial charge in [-0.3, -0.25) is 4.79 Å².